The van der Waals surface area contributed by atoms with E-state index in [1.165, 1.54) is 22.9 Å². The molecular weight excluding hydrogens is 483 g/mol. The Morgan fingerprint density at radius 3 is 2.56 bits per heavy atom. The molecule has 0 radical (unpaired) electrons. The van der Waals surface area contributed by atoms with Gasteiger partial charge in [-0.05, 0) is 42.0 Å². The summed E-state index contributed by atoms with van der Waals surface area (Å²) in [6, 6.07) is 9.53. The predicted octanol–water partition coefficient (Wildman–Crippen LogP) is 4.97. The summed E-state index contributed by atoms with van der Waals surface area (Å²) in [4.78, 5) is 16.4. The number of halogens is 4. The van der Waals surface area contributed by atoms with Gasteiger partial charge in [-0.15, -0.1) is 0 Å². The van der Waals surface area contributed by atoms with E-state index in [2.05, 4.69) is 4.98 Å². The van der Waals surface area contributed by atoms with E-state index in [9.17, 15) is 22.0 Å². The van der Waals surface area contributed by atoms with Crippen molar-refractivity contribution in [1.29, 1.82) is 0 Å². The standard InChI is InChI=1S/C21H13Cl2F2N3O3S/c1-32(30,31)27-21(29)15-8-17(23)19(9-18(15)25)28-10-16(14-3-2-4-26-20(14)28)11-5-12(22)7-13(24)6-11/h2-10H,1H3,(H,27,29). The minimum Gasteiger partial charge on any atom is -0.299 e. The maximum absolute atomic E-state index is 14.8. The molecule has 0 saturated heterocycles. The van der Waals surface area contributed by atoms with E-state index in [0.29, 0.717) is 22.2 Å². The molecule has 0 aliphatic carbocycles. The van der Waals surface area contributed by atoms with Crippen LogP contribution in [0.15, 0.2) is 54.9 Å². The number of sulfonamides is 1. The van der Waals surface area contributed by atoms with Gasteiger partial charge >= 0.3 is 0 Å². The fraction of sp³-hybridized carbons (Fsp3) is 0.0476. The Balaban J connectivity index is 1.89. The molecule has 0 aliphatic rings. The van der Waals surface area contributed by atoms with Crippen molar-refractivity contribution < 1.29 is 22.0 Å². The summed E-state index contributed by atoms with van der Waals surface area (Å²) in [7, 11) is -3.89. The number of amides is 1. The van der Waals surface area contributed by atoms with Crippen LogP contribution in [0.4, 0.5) is 8.78 Å². The monoisotopic (exact) mass is 495 g/mol. The molecule has 2 aromatic carbocycles. The molecule has 164 valence electrons. The number of rotatable bonds is 4. The van der Waals surface area contributed by atoms with Crippen LogP contribution in [0.3, 0.4) is 0 Å². The van der Waals surface area contributed by atoms with Gasteiger partial charge in [0.1, 0.15) is 17.3 Å². The second-order valence-electron chi connectivity index (χ2n) is 6.93. The first-order valence-corrected chi connectivity index (χ1v) is 11.6. The third-order valence-corrected chi connectivity index (χ3v) is 5.63. The normalized spacial score (nSPS) is 11.7. The second-order valence-corrected chi connectivity index (χ2v) is 9.52. The smallest absolute Gasteiger partial charge is 0.267 e. The number of carbonyl (C=O) groups excluding carboxylic acids is 1. The molecule has 2 aromatic heterocycles. The Hall–Kier alpha value is -3.01. The fourth-order valence-electron chi connectivity index (χ4n) is 3.30. The Morgan fingerprint density at radius 1 is 1.12 bits per heavy atom. The Morgan fingerprint density at radius 2 is 1.88 bits per heavy atom. The van der Waals surface area contributed by atoms with Crippen molar-refractivity contribution in [3.63, 3.8) is 0 Å². The highest BCUT2D eigenvalue weighted by Gasteiger charge is 2.21. The van der Waals surface area contributed by atoms with E-state index in [1.807, 2.05) is 0 Å². The van der Waals surface area contributed by atoms with Crippen LogP contribution in [-0.2, 0) is 10.0 Å². The van der Waals surface area contributed by atoms with Crippen molar-refractivity contribution in [2.75, 3.05) is 6.26 Å². The molecule has 4 rings (SSSR count). The molecule has 0 bridgehead atoms. The molecule has 4 aromatic rings. The number of benzene rings is 2. The van der Waals surface area contributed by atoms with E-state index in [4.69, 9.17) is 23.2 Å². The molecule has 2 heterocycles. The summed E-state index contributed by atoms with van der Waals surface area (Å²) in [5.74, 6) is -2.66. The molecule has 0 aliphatic heterocycles. The van der Waals surface area contributed by atoms with Gasteiger partial charge in [0.05, 0.1) is 22.5 Å². The molecule has 0 saturated carbocycles. The van der Waals surface area contributed by atoms with Crippen molar-refractivity contribution in [3.05, 3.63) is 82.1 Å². The van der Waals surface area contributed by atoms with Crippen molar-refractivity contribution >= 4 is 50.2 Å². The third-order valence-electron chi connectivity index (χ3n) is 4.56. The highest BCUT2D eigenvalue weighted by Crippen LogP contribution is 2.35. The summed E-state index contributed by atoms with van der Waals surface area (Å²) >= 11 is 12.3. The van der Waals surface area contributed by atoms with Gasteiger partial charge in [0, 0.05) is 34.4 Å². The first kappa shape index (κ1) is 22.2. The average Bonchev–Trinajstić information content (AvgIpc) is 3.07. The maximum Gasteiger partial charge on any atom is 0.267 e. The quantitative estimate of drug-likeness (QED) is 0.433. The van der Waals surface area contributed by atoms with Crippen LogP contribution in [0, 0.1) is 11.6 Å². The number of aromatic nitrogens is 2. The lowest BCUT2D eigenvalue weighted by Crippen LogP contribution is -2.30. The van der Waals surface area contributed by atoms with E-state index in [0.717, 1.165) is 18.4 Å². The van der Waals surface area contributed by atoms with Gasteiger partial charge < -0.3 is 0 Å². The first-order chi connectivity index (χ1) is 15.0. The molecule has 0 atom stereocenters. The molecule has 32 heavy (non-hydrogen) atoms. The summed E-state index contributed by atoms with van der Waals surface area (Å²) in [6.45, 7) is 0. The summed E-state index contributed by atoms with van der Waals surface area (Å²) < 4.78 is 54.5. The molecule has 0 spiro atoms. The maximum atomic E-state index is 14.8. The van der Waals surface area contributed by atoms with Crippen molar-refractivity contribution in [2.45, 2.75) is 0 Å². The lowest BCUT2D eigenvalue weighted by Gasteiger charge is -2.10. The van der Waals surface area contributed by atoms with E-state index in [-0.39, 0.29) is 15.7 Å². The van der Waals surface area contributed by atoms with E-state index >= 15 is 0 Å². The zero-order valence-corrected chi connectivity index (χ0v) is 18.6. The number of pyridine rings is 1. The topological polar surface area (TPSA) is 81.1 Å². The van der Waals surface area contributed by atoms with Crippen LogP contribution in [0.2, 0.25) is 10.0 Å². The lowest BCUT2D eigenvalue weighted by atomic mass is 10.1. The number of hydrogen-bond acceptors (Lipinski definition) is 4. The molecular formula is C21H13Cl2F2N3O3S. The van der Waals surface area contributed by atoms with Crippen LogP contribution in [-0.4, -0.2) is 30.1 Å². The summed E-state index contributed by atoms with van der Waals surface area (Å²) in [5.41, 5.74) is 1.07. The van der Waals surface area contributed by atoms with Crippen LogP contribution in [0.1, 0.15) is 10.4 Å². The fourth-order valence-corrected chi connectivity index (χ4v) is 4.22. The van der Waals surface area contributed by atoms with Crippen LogP contribution in [0.25, 0.3) is 27.8 Å². The van der Waals surface area contributed by atoms with Crippen LogP contribution >= 0.6 is 23.2 Å². The summed E-state index contributed by atoms with van der Waals surface area (Å²) in [5, 5.41) is 0.802. The number of hydrogen-bond donors (Lipinski definition) is 1. The van der Waals surface area contributed by atoms with Crippen LogP contribution in [0.5, 0.6) is 0 Å². The van der Waals surface area contributed by atoms with Crippen molar-refractivity contribution in [2.24, 2.45) is 0 Å². The van der Waals surface area contributed by atoms with Crippen molar-refractivity contribution in [3.8, 4) is 16.8 Å². The average molecular weight is 496 g/mol. The Bertz CT molecular complexity index is 1480. The summed E-state index contributed by atoms with van der Waals surface area (Å²) in [6.07, 6.45) is 3.90. The van der Waals surface area contributed by atoms with Gasteiger partial charge in [-0.2, -0.15) is 0 Å². The molecule has 1 amide bonds. The number of fused-ring (bicyclic) bond motifs is 1. The molecule has 6 nitrogen and oxygen atoms in total. The molecule has 1 N–H and O–H groups in total. The van der Waals surface area contributed by atoms with Gasteiger partial charge in [-0.25, -0.2) is 26.9 Å². The minimum absolute atomic E-state index is 0.0311. The lowest BCUT2D eigenvalue weighted by molar-refractivity contribution is 0.0978. The van der Waals surface area contributed by atoms with E-state index < -0.39 is 33.1 Å². The van der Waals surface area contributed by atoms with Gasteiger partial charge in [0.25, 0.3) is 5.91 Å². The predicted molar refractivity (Wildman–Crippen MR) is 119 cm³/mol. The first-order valence-electron chi connectivity index (χ1n) is 8.97. The molecule has 11 heteroatoms. The van der Waals surface area contributed by atoms with E-state index in [1.54, 1.807) is 29.1 Å². The zero-order valence-electron chi connectivity index (χ0n) is 16.2. The van der Waals surface area contributed by atoms with Crippen LogP contribution < -0.4 is 4.72 Å². The largest absolute Gasteiger partial charge is 0.299 e. The van der Waals surface area contributed by atoms with Gasteiger partial charge in [0.2, 0.25) is 10.0 Å². The number of nitrogens with one attached hydrogen (secondary N) is 1. The minimum atomic E-state index is -3.89. The molecule has 0 unspecified atom stereocenters. The number of carbonyl (C=O) groups is 1. The highest BCUT2D eigenvalue weighted by molar-refractivity contribution is 7.89. The Kier molecular flexibility index (Phi) is 5.66. The SMILES string of the molecule is CS(=O)(=O)NC(=O)c1cc(Cl)c(-n2cc(-c3cc(F)cc(Cl)c3)c3cccnc32)cc1F. The van der Waals surface area contributed by atoms with Gasteiger partial charge in [0.15, 0.2) is 0 Å². The Labute approximate surface area is 191 Å². The van der Waals surface area contributed by atoms with Gasteiger partial charge in [-0.3, -0.25) is 9.36 Å². The zero-order chi connectivity index (χ0) is 23.2. The third kappa shape index (κ3) is 4.32. The second kappa shape index (κ2) is 8.16. The van der Waals surface area contributed by atoms with Crippen molar-refractivity contribution in [1.82, 2.24) is 14.3 Å². The molecule has 0 fully saturated rings. The van der Waals surface area contributed by atoms with Gasteiger partial charge in [-0.1, -0.05) is 23.2 Å². The highest BCUT2D eigenvalue weighted by atomic mass is 35.5. The number of nitrogens with zero attached hydrogens (tertiary/aromatic N) is 2.